The molecule has 2 rings (SSSR count). The van der Waals surface area contributed by atoms with E-state index in [1.807, 2.05) is 0 Å². The van der Waals surface area contributed by atoms with E-state index in [9.17, 15) is 18.0 Å². The minimum Gasteiger partial charge on any atom is -0.461 e. The molecule has 0 aliphatic rings. The number of esters is 1. The van der Waals surface area contributed by atoms with Crippen molar-refractivity contribution in [3.63, 3.8) is 0 Å². The normalized spacial score (nSPS) is 10.6. The minimum atomic E-state index is -1.22. The Hall–Kier alpha value is -2.51. The van der Waals surface area contributed by atoms with Crippen molar-refractivity contribution >= 4 is 11.9 Å². The predicted molar refractivity (Wildman–Crippen MR) is 62.2 cm³/mol. The van der Waals surface area contributed by atoms with Crippen molar-refractivity contribution in [1.82, 2.24) is 4.98 Å². The molecule has 5 nitrogen and oxygen atoms in total. The maximum Gasteiger partial charge on any atom is 0.362 e. The zero-order valence-electron chi connectivity index (χ0n) is 10.2. The monoisotopic (exact) mass is 286 g/mol. The average molecular weight is 286 g/mol. The number of hydrogen-bond acceptors (Lipinski definition) is 5. The van der Waals surface area contributed by atoms with Crippen LogP contribution in [0.4, 0.5) is 19.1 Å². The van der Waals surface area contributed by atoms with Gasteiger partial charge in [-0.3, -0.25) is 0 Å². The van der Waals surface area contributed by atoms with Crippen LogP contribution in [0.2, 0.25) is 0 Å². The Labute approximate surface area is 111 Å². The second-order valence-corrected chi connectivity index (χ2v) is 3.70. The molecule has 0 amide bonds. The third-order valence-corrected chi connectivity index (χ3v) is 2.34. The van der Waals surface area contributed by atoms with Crippen LogP contribution < -0.4 is 5.73 Å². The van der Waals surface area contributed by atoms with E-state index in [2.05, 4.69) is 9.72 Å². The number of halogens is 3. The molecule has 8 heteroatoms. The van der Waals surface area contributed by atoms with Gasteiger partial charge in [0.2, 0.25) is 17.5 Å². The number of benzene rings is 1. The van der Waals surface area contributed by atoms with Crippen LogP contribution in [0.3, 0.4) is 0 Å². The highest BCUT2D eigenvalue weighted by atomic mass is 19.1. The van der Waals surface area contributed by atoms with Crippen LogP contribution in [-0.4, -0.2) is 17.6 Å². The Kier molecular flexibility index (Phi) is 3.64. The average Bonchev–Trinajstić information content (AvgIpc) is 2.70. The van der Waals surface area contributed by atoms with Gasteiger partial charge in [0.1, 0.15) is 23.0 Å². The molecule has 0 atom stereocenters. The lowest BCUT2D eigenvalue weighted by molar-refractivity contribution is 0.0521. The summed E-state index contributed by atoms with van der Waals surface area (Å²) in [7, 11) is 0. The molecule has 1 aromatic carbocycles. The van der Waals surface area contributed by atoms with E-state index < -0.39 is 46.5 Å². The Morgan fingerprint density at radius 1 is 1.35 bits per heavy atom. The fourth-order valence-corrected chi connectivity index (χ4v) is 1.53. The fraction of sp³-hybridized carbons (Fsp3) is 0.167. The Bertz CT molecular complexity index is 647. The lowest BCUT2D eigenvalue weighted by Gasteiger charge is -2.00. The minimum absolute atomic E-state index is 0.0692. The summed E-state index contributed by atoms with van der Waals surface area (Å²) in [4.78, 5) is 15.0. The van der Waals surface area contributed by atoms with Gasteiger partial charge in [0.15, 0.2) is 0 Å². The van der Waals surface area contributed by atoms with E-state index in [0.29, 0.717) is 12.1 Å². The molecule has 0 aliphatic carbocycles. The Morgan fingerprint density at radius 3 is 2.50 bits per heavy atom. The van der Waals surface area contributed by atoms with Gasteiger partial charge in [-0.05, 0) is 6.92 Å². The first-order chi connectivity index (χ1) is 9.43. The van der Waals surface area contributed by atoms with Crippen molar-refractivity contribution in [3.8, 4) is 11.5 Å². The number of nitrogen functional groups attached to an aromatic ring is 1. The topological polar surface area (TPSA) is 78.3 Å². The number of hydrogen-bond donors (Lipinski definition) is 1. The van der Waals surface area contributed by atoms with Crippen molar-refractivity contribution in [2.45, 2.75) is 6.92 Å². The maximum absolute atomic E-state index is 13.6. The number of carbonyl (C=O) groups excluding carboxylic acids is 1. The lowest BCUT2D eigenvalue weighted by atomic mass is 10.2. The molecule has 1 aromatic heterocycles. The van der Waals surface area contributed by atoms with Gasteiger partial charge in [-0.15, -0.1) is 0 Å². The maximum atomic E-state index is 13.6. The molecule has 0 radical (unpaired) electrons. The predicted octanol–water partition coefficient (Wildman–Crippen LogP) is 2.52. The quantitative estimate of drug-likeness (QED) is 0.877. The van der Waals surface area contributed by atoms with Gasteiger partial charge < -0.3 is 14.9 Å². The smallest absolute Gasteiger partial charge is 0.362 e. The van der Waals surface area contributed by atoms with Crippen LogP contribution in [0.1, 0.15) is 17.4 Å². The van der Waals surface area contributed by atoms with Crippen LogP contribution >= 0.6 is 0 Å². The first-order valence-electron chi connectivity index (χ1n) is 5.52. The molecular formula is C12H9F3N2O3. The number of nitrogens with two attached hydrogens (primary N) is 1. The summed E-state index contributed by atoms with van der Waals surface area (Å²) in [6.45, 7) is 1.63. The number of nitrogens with zero attached hydrogens (tertiary/aromatic N) is 1. The van der Waals surface area contributed by atoms with Gasteiger partial charge in [0, 0.05) is 12.1 Å². The zero-order valence-corrected chi connectivity index (χ0v) is 10.2. The number of anilines is 1. The Morgan fingerprint density at radius 2 is 1.95 bits per heavy atom. The molecule has 0 saturated carbocycles. The molecule has 0 unspecified atom stereocenters. The van der Waals surface area contributed by atoms with Gasteiger partial charge in [0.05, 0.1) is 6.61 Å². The van der Waals surface area contributed by atoms with Crippen molar-refractivity contribution < 1.29 is 27.1 Å². The van der Waals surface area contributed by atoms with Crippen LogP contribution in [0.15, 0.2) is 16.5 Å². The van der Waals surface area contributed by atoms with Crippen LogP contribution in [0.25, 0.3) is 11.5 Å². The highest BCUT2D eigenvalue weighted by Crippen LogP contribution is 2.29. The largest absolute Gasteiger partial charge is 0.461 e. The molecule has 2 N–H and O–H groups in total. The second kappa shape index (κ2) is 5.24. The van der Waals surface area contributed by atoms with Crippen molar-refractivity contribution in [3.05, 3.63) is 35.3 Å². The molecule has 0 spiro atoms. The summed E-state index contributed by atoms with van der Waals surface area (Å²) < 4.78 is 49.4. The molecule has 1 heterocycles. The standard InChI is InChI=1S/C12H9F3N2O3/c1-2-19-12(18)9-10(16)20-11(17-9)8-6(14)3-5(13)4-7(8)15/h3-4H,2,16H2,1H3. The summed E-state index contributed by atoms with van der Waals surface area (Å²) >= 11 is 0. The summed E-state index contributed by atoms with van der Waals surface area (Å²) in [6, 6.07) is 0.922. The first-order valence-corrected chi connectivity index (χ1v) is 5.52. The molecular weight excluding hydrogens is 277 g/mol. The number of rotatable bonds is 3. The molecule has 0 fully saturated rings. The summed E-state index contributed by atoms with van der Waals surface area (Å²) in [5.41, 5.74) is 4.28. The second-order valence-electron chi connectivity index (χ2n) is 3.70. The summed E-state index contributed by atoms with van der Waals surface area (Å²) in [6.07, 6.45) is 0. The number of carbonyl (C=O) groups is 1. The van der Waals surface area contributed by atoms with Gasteiger partial charge in [-0.2, -0.15) is 4.98 Å². The summed E-state index contributed by atoms with van der Waals surface area (Å²) in [5, 5.41) is 0. The van der Waals surface area contributed by atoms with Crippen LogP contribution in [0.5, 0.6) is 0 Å². The molecule has 0 aliphatic heterocycles. The van der Waals surface area contributed by atoms with E-state index in [0.717, 1.165) is 0 Å². The zero-order chi connectivity index (χ0) is 14.9. The van der Waals surface area contributed by atoms with Crippen LogP contribution in [0, 0.1) is 17.5 Å². The molecule has 20 heavy (non-hydrogen) atoms. The van der Waals surface area contributed by atoms with Gasteiger partial charge in [-0.25, -0.2) is 18.0 Å². The SMILES string of the molecule is CCOC(=O)c1nc(-c2c(F)cc(F)cc2F)oc1N. The van der Waals surface area contributed by atoms with Crippen molar-refractivity contribution in [2.24, 2.45) is 0 Å². The Balaban J connectivity index is 2.50. The van der Waals surface area contributed by atoms with Gasteiger partial charge >= 0.3 is 5.97 Å². The number of oxazole rings is 1. The van der Waals surface area contributed by atoms with E-state index in [1.165, 1.54) is 0 Å². The third-order valence-electron chi connectivity index (χ3n) is 2.34. The van der Waals surface area contributed by atoms with E-state index >= 15 is 0 Å². The fourth-order valence-electron chi connectivity index (χ4n) is 1.53. The number of ether oxygens (including phenoxy) is 1. The van der Waals surface area contributed by atoms with Gasteiger partial charge in [0.25, 0.3) is 0 Å². The highest BCUT2D eigenvalue weighted by molar-refractivity contribution is 5.92. The third kappa shape index (κ3) is 2.44. The van der Waals surface area contributed by atoms with Crippen LogP contribution in [-0.2, 0) is 4.74 Å². The van der Waals surface area contributed by atoms with E-state index in [4.69, 9.17) is 10.2 Å². The molecule has 2 aromatic rings. The van der Waals surface area contributed by atoms with Crippen molar-refractivity contribution in [1.29, 1.82) is 0 Å². The molecule has 106 valence electrons. The molecule has 0 bridgehead atoms. The number of aromatic nitrogens is 1. The van der Waals surface area contributed by atoms with E-state index in [1.54, 1.807) is 6.92 Å². The summed E-state index contributed by atoms with van der Waals surface area (Å²) in [5.74, 6) is -5.43. The van der Waals surface area contributed by atoms with Crippen molar-refractivity contribution in [2.75, 3.05) is 12.3 Å². The first kappa shape index (κ1) is 13.9. The lowest BCUT2D eigenvalue weighted by Crippen LogP contribution is -2.07. The highest BCUT2D eigenvalue weighted by Gasteiger charge is 2.24. The molecule has 0 saturated heterocycles. The van der Waals surface area contributed by atoms with Gasteiger partial charge in [-0.1, -0.05) is 0 Å². The van der Waals surface area contributed by atoms with E-state index in [-0.39, 0.29) is 6.61 Å².